The van der Waals surface area contributed by atoms with Gasteiger partial charge in [0.05, 0.1) is 23.2 Å². The molecule has 1 atom stereocenters. The van der Waals surface area contributed by atoms with Gasteiger partial charge < -0.3 is 19.2 Å². The number of aromatic nitrogens is 2. The van der Waals surface area contributed by atoms with E-state index < -0.39 is 6.36 Å². The monoisotopic (exact) mass is 530 g/mol. The van der Waals surface area contributed by atoms with Crippen molar-refractivity contribution in [2.75, 3.05) is 7.11 Å². The number of ether oxygens (including phenoxy) is 3. The molecule has 0 bridgehead atoms. The van der Waals surface area contributed by atoms with E-state index in [2.05, 4.69) is 14.7 Å². The van der Waals surface area contributed by atoms with E-state index in [9.17, 15) is 22.8 Å². The average molecular weight is 531 g/mol. The average Bonchev–Trinajstić information content (AvgIpc) is 2.85. The summed E-state index contributed by atoms with van der Waals surface area (Å²) in [6.45, 7) is 0. The van der Waals surface area contributed by atoms with Crippen LogP contribution in [-0.2, 0) is 6.42 Å². The highest BCUT2D eigenvalue weighted by Gasteiger charge is 2.31. The van der Waals surface area contributed by atoms with Crippen LogP contribution in [0, 0.1) is 0 Å². The summed E-state index contributed by atoms with van der Waals surface area (Å²) in [6.07, 6.45) is -2.66. The number of carbonyl (C=O) groups is 1. The topological polar surface area (TPSA) is 90.5 Å². The molecule has 37 heavy (non-hydrogen) atoms. The SMILES string of the molecule is COc1cc2[nH]c3c(c(=O)c2cc1Cl)C(=O)CC(c1ccc(Oc2ccc(OC(F)(F)F)cc2)nc1)C3. The van der Waals surface area contributed by atoms with E-state index in [0.717, 1.165) is 17.7 Å². The molecule has 0 saturated carbocycles. The maximum Gasteiger partial charge on any atom is 0.573 e. The fourth-order valence-electron chi connectivity index (χ4n) is 4.35. The molecule has 0 spiro atoms. The number of methoxy groups -OCH3 is 1. The minimum absolute atomic E-state index is 0.133. The summed E-state index contributed by atoms with van der Waals surface area (Å²) in [7, 11) is 1.47. The summed E-state index contributed by atoms with van der Waals surface area (Å²) in [5, 5.41) is 0.595. The van der Waals surface area contributed by atoms with Crippen molar-refractivity contribution in [1.29, 1.82) is 0 Å². The normalized spacial score (nSPS) is 15.4. The smallest absolute Gasteiger partial charge is 0.495 e. The second-order valence-corrected chi connectivity index (χ2v) is 8.83. The molecule has 2 aromatic heterocycles. The van der Waals surface area contributed by atoms with Crippen LogP contribution in [-0.4, -0.2) is 29.2 Å². The molecule has 11 heteroatoms. The molecule has 0 amide bonds. The molecule has 1 aliphatic rings. The second kappa shape index (κ2) is 9.44. The second-order valence-electron chi connectivity index (χ2n) is 8.42. The van der Waals surface area contributed by atoms with Crippen LogP contribution < -0.4 is 19.6 Å². The number of rotatable bonds is 5. The van der Waals surface area contributed by atoms with E-state index in [0.29, 0.717) is 28.8 Å². The highest BCUT2D eigenvalue weighted by molar-refractivity contribution is 6.32. The predicted molar refractivity (Wildman–Crippen MR) is 129 cm³/mol. The van der Waals surface area contributed by atoms with E-state index in [4.69, 9.17) is 21.1 Å². The minimum atomic E-state index is -4.78. The van der Waals surface area contributed by atoms with E-state index in [1.807, 2.05) is 0 Å². The van der Waals surface area contributed by atoms with Gasteiger partial charge in [-0.1, -0.05) is 17.7 Å². The first-order valence-corrected chi connectivity index (χ1v) is 11.4. The molecule has 1 N–H and O–H groups in total. The molecule has 2 aromatic carbocycles. The third-order valence-electron chi connectivity index (χ3n) is 6.02. The lowest BCUT2D eigenvalue weighted by atomic mass is 9.81. The van der Waals surface area contributed by atoms with Gasteiger partial charge in [-0.25, -0.2) is 4.98 Å². The maximum absolute atomic E-state index is 13.1. The molecule has 1 unspecified atom stereocenters. The first kappa shape index (κ1) is 24.6. The number of carbonyl (C=O) groups excluding carboxylic acids is 1. The summed E-state index contributed by atoms with van der Waals surface area (Å²) < 4.78 is 51.6. The number of alkyl halides is 3. The van der Waals surface area contributed by atoms with Gasteiger partial charge in [0.15, 0.2) is 5.78 Å². The van der Waals surface area contributed by atoms with Crippen LogP contribution >= 0.6 is 11.6 Å². The van der Waals surface area contributed by atoms with Crippen molar-refractivity contribution in [2.45, 2.75) is 25.1 Å². The van der Waals surface area contributed by atoms with Crippen LogP contribution in [0.5, 0.6) is 23.1 Å². The Bertz CT molecular complexity index is 1550. The number of hydrogen-bond acceptors (Lipinski definition) is 6. The molecule has 0 saturated heterocycles. The van der Waals surface area contributed by atoms with Crippen molar-refractivity contribution in [3.8, 4) is 23.1 Å². The molecule has 2 heterocycles. The Labute approximate surface area is 212 Å². The van der Waals surface area contributed by atoms with Gasteiger partial charge in [-0.2, -0.15) is 0 Å². The molecule has 0 fully saturated rings. The number of pyridine rings is 2. The highest BCUT2D eigenvalue weighted by Crippen LogP contribution is 2.34. The molecule has 4 aromatic rings. The van der Waals surface area contributed by atoms with Crippen molar-refractivity contribution in [1.82, 2.24) is 9.97 Å². The molecule has 0 radical (unpaired) electrons. The number of fused-ring (bicyclic) bond motifs is 2. The quantitative estimate of drug-likeness (QED) is 0.331. The Morgan fingerprint density at radius 1 is 1.03 bits per heavy atom. The number of aromatic amines is 1. The Kier molecular flexibility index (Phi) is 6.28. The first-order valence-electron chi connectivity index (χ1n) is 11.1. The van der Waals surface area contributed by atoms with Gasteiger partial charge in [0.25, 0.3) is 0 Å². The van der Waals surface area contributed by atoms with Crippen LogP contribution in [0.3, 0.4) is 0 Å². The van der Waals surface area contributed by atoms with Crippen molar-refractivity contribution in [2.24, 2.45) is 0 Å². The standard InChI is InChI=1S/C26H18ClF3N2O5/c1-35-22-11-19-17(10-18(22)27)25(34)24-20(32-19)8-14(9-21(24)33)13-2-7-23(31-12-13)36-15-3-5-16(6-4-15)37-26(28,29)30/h2-7,10-12,14H,8-9H2,1H3,(H,32,34). The van der Waals surface area contributed by atoms with Gasteiger partial charge in [-0.3, -0.25) is 9.59 Å². The summed E-state index contributed by atoms with van der Waals surface area (Å²) in [5.74, 6) is 0.0460. The van der Waals surface area contributed by atoms with Crippen molar-refractivity contribution >= 4 is 28.3 Å². The van der Waals surface area contributed by atoms with E-state index in [1.165, 1.54) is 25.3 Å². The van der Waals surface area contributed by atoms with Gasteiger partial charge >= 0.3 is 6.36 Å². The van der Waals surface area contributed by atoms with Crippen molar-refractivity contribution < 1.29 is 32.2 Å². The minimum Gasteiger partial charge on any atom is -0.495 e. The summed E-state index contributed by atoms with van der Waals surface area (Å²) in [5.41, 5.74) is 1.59. The maximum atomic E-state index is 13.1. The third-order valence-corrected chi connectivity index (χ3v) is 6.32. The van der Waals surface area contributed by atoms with Gasteiger partial charge in [-0.05, 0) is 48.2 Å². The number of hydrogen-bond donors (Lipinski definition) is 1. The number of benzene rings is 2. The zero-order valence-electron chi connectivity index (χ0n) is 19.2. The lowest BCUT2D eigenvalue weighted by Gasteiger charge is -2.24. The number of H-pyrrole nitrogens is 1. The number of nitrogens with one attached hydrogen (secondary N) is 1. The number of ketones is 1. The molecular formula is C26H18ClF3N2O5. The van der Waals surface area contributed by atoms with Gasteiger partial charge in [0.2, 0.25) is 11.3 Å². The van der Waals surface area contributed by atoms with Gasteiger partial charge in [0, 0.05) is 35.8 Å². The van der Waals surface area contributed by atoms with E-state index in [-0.39, 0.29) is 51.5 Å². The predicted octanol–water partition coefficient (Wildman–Crippen LogP) is 6.19. The Morgan fingerprint density at radius 3 is 2.41 bits per heavy atom. The fraction of sp³-hybridized carbons (Fsp3) is 0.192. The summed E-state index contributed by atoms with van der Waals surface area (Å²) in [4.78, 5) is 33.5. The van der Waals surface area contributed by atoms with Gasteiger partial charge in [-0.15, -0.1) is 13.2 Å². The molecule has 5 rings (SSSR count). The third kappa shape index (κ3) is 5.10. The van der Waals surface area contributed by atoms with Crippen LogP contribution in [0.4, 0.5) is 13.2 Å². The Morgan fingerprint density at radius 2 is 1.76 bits per heavy atom. The van der Waals surface area contributed by atoms with E-state index >= 15 is 0 Å². The van der Waals surface area contributed by atoms with E-state index in [1.54, 1.807) is 24.4 Å². The lowest BCUT2D eigenvalue weighted by molar-refractivity contribution is -0.274. The fourth-order valence-corrected chi connectivity index (χ4v) is 4.59. The lowest BCUT2D eigenvalue weighted by Crippen LogP contribution is -2.27. The van der Waals surface area contributed by atoms with Crippen LogP contribution in [0.15, 0.2) is 59.5 Å². The first-order chi connectivity index (χ1) is 17.6. The zero-order valence-corrected chi connectivity index (χ0v) is 19.9. The highest BCUT2D eigenvalue weighted by atomic mass is 35.5. The molecule has 190 valence electrons. The molecule has 0 aliphatic heterocycles. The number of Topliss-reactive ketones (excluding diaryl/α,β-unsaturated/α-hetero) is 1. The zero-order chi connectivity index (χ0) is 26.3. The largest absolute Gasteiger partial charge is 0.573 e. The van der Waals surface area contributed by atoms with Crippen LogP contribution in [0.2, 0.25) is 5.02 Å². The molecular weight excluding hydrogens is 513 g/mol. The summed E-state index contributed by atoms with van der Waals surface area (Å²) in [6, 6.07) is 11.4. The molecule has 1 aliphatic carbocycles. The number of nitrogens with zero attached hydrogens (tertiary/aromatic N) is 1. The number of halogens is 4. The molecule has 7 nitrogen and oxygen atoms in total. The van der Waals surface area contributed by atoms with Crippen LogP contribution in [0.1, 0.15) is 34.0 Å². The van der Waals surface area contributed by atoms with Crippen molar-refractivity contribution in [3.63, 3.8) is 0 Å². The van der Waals surface area contributed by atoms with Crippen molar-refractivity contribution in [3.05, 3.63) is 86.8 Å². The Balaban J connectivity index is 1.35. The summed E-state index contributed by atoms with van der Waals surface area (Å²) >= 11 is 6.17. The Hall–Kier alpha value is -4.05. The van der Waals surface area contributed by atoms with Crippen LogP contribution in [0.25, 0.3) is 10.9 Å². The van der Waals surface area contributed by atoms with Gasteiger partial charge in [0.1, 0.15) is 17.2 Å².